The minimum absolute atomic E-state index is 0.106. The Labute approximate surface area is 123 Å². The molecule has 1 aliphatic heterocycles. The summed E-state index contributed by atoms with van der Waals surface area (Å²) in [6.45, 7) is 13.1. The number of anilines is 1. The summed E-state index contributed by atoms with van der Waals surface area (Å²) in [4.78, 5) is 9.53. The maximum atomic E-state index is 6.11. The fourth-order valence-corrected chi connectivity index (χ4v) is 2.80. The summed E-state index contributed by atoms with van der Waals surface area (Å²) < 4.78 is 0. The van der Waals surface area contributed by atoms with Gasteiger partial charge in [-0.15, -0.1) is 0 Å². The molecule has 1 aliphatic rings. The SMILES string of the molecule is CC[C@H](N)c1cnc(N2CCN(C(C)C)CC2)cc1C. The maximum Gasteiger partial charge on any atom is 0.128 e. The maximum absolute atomic E-state index is 6.11. The third-order valence-electron chi connectivity index (χ3n) is 4.34. The molecule has 2 rings (SSSR count). The fourth-order valence-electron chi connectivity index (χ4n) is 2.80. The molecule has 0 aliphatic carbocycles. The van der Waals surface area contributed by atoms with Gasteiger partial charge in [0.05, 0.1) is 0 Å². The molecule has 2 heterocycles. The van der Waals surface area contributed by atoms with E-state index in [2.05, 4.69) is 48.5 Å². The number of nitrogens with two attached hydrogens (primary N) is 1. The van der Waals surface area contributed by atoms with Crippen LogP contribution in [0.1, 0.15) is 44.4 Å². The van der Waals surface area contributed by atoms with E-state index >= 15 is 0 Å². The molecular formula is C16H28N4. The van der Waals surface area contributed by atoms with Crippen molar-refractivity contribution in [3.05, 3.63) is 23.4 Å². The lowest BCUT2D eigenvalue weighted by Gasteiger charge is -2.37. The average molecular weight is 276 g/mol. The molecular weight excluding hydrogens is 248 g/mol. The quantitative estimate of drug-likeness (QED) is 0.917. The van der Waals surface area contributed by atoms with E-state index in [0.29, 0.717) is 6.04 Å². The van der Waals surface area contributed by atoms with Crippen molar-refractivity contribution >= 4 is 5.82 Å². The zero-order valence-corrected chi connectivity index (χ0v) is 13.3. The van der Waals surface area contributed by atoms with E-state index in [1.807, 2.05) is 6.20 Å². The zero-order chi connectivity index (χ0) is 14.7. The van der Waals surface area contributed by atoms with Gasteiger partial charge in [-0.3, -0.25) is 4.90 Å². The van der Waals surface area contributed by atoms with Gasteiger partial charge in [0.15, 0.2) is 0 Å². The Morgan fingerprint density at radius 3 is 2.40 bits per heavy atom. The van der Waals surface area contributed by atoms with E-state index in [0.717, 1.165) is 38.4 Å². The first-order valence-electron chi connectivity index (χ1n) is 7.74. The minimum Gasteiger partial charge on any atom is -0.354 e. The van der Waals surface area contributed by atoms with Gasteiger partial charge in [-0.1, -0.05) is 6.92 Å². The Kier molecular flexibility index (Phi) is 5.00. The van der Waals surface area contributed by atoms with Crippen molar-refractivity contribution in [1.82, 2.24) is 9.88 Å². The molecule has 0 bridgehead atoms. The highest BCUT2D eigenvalue weighted by Gasteiger charge is 2.20. The molecule has 0 spiro atoms. The predicted molar refractivity (Wildman–Crippen MR) is 85.1 cm³/mol. The molecule has 1 atom stereocenters. The summed E-state index contributed by atoms with van der Waals surface area (Å²) >= 11 is 0. The van der Waals surface area contributed by atoms with Gasteiger partial charge < -0.3 is 10.6 Å². The molecule has 0 unspecified atom stereocenters. The number of hydrogen-bond donors (Lipinski definition) is 1. The summed E-state index contributed by atoms with van der Waals surface area (Å²) in [5.41, 5.74) is 8.55. The van der Waals surface area contributed by atoms with E-state index in [4.69, 9.17) is 5.73 Å². The van der Waals surface area contributed by atoms with Gasteiger partial charge in [-0.25, -0.2) is 4.98 Å². The van der Waals surface area contributed by atoms with Crippen LogP contribution in [0.2, 0.25) is 0 Å². The van der Waals surface area contributed by atoms with E-state index in [1.54, 1.807) is 0 Å². The van der Waals surface area contributed by atoms with Crippen molar-refractivity contribution in [2.24, 2.45) is 5.73 Å². The second kappa shape index (κ2) is 6.55. The van der Waals surface area contributed by atoms with Crippen LogP contribution in [0.25, 0.3) is 0 Å². The molecule has 0 radical (unpaired) electrons. The summed E-state index contributed by atoms with van der Waals surface area (Å²) in [5.74, 6) is 1.10. The van der Waals surface area contributed by atoms with Crippen LogP contribution in [0.5, 0.6) is 0 Å². The normalized spacial score (nSPS) is 18.6. The van der Waals surface area contributed by atoms with Crippen molar-refractivity contribution < 1.29 is 0 Å². The van der Waals surface area contributed by atoms with Crippen LogP contribution in [-0.2, 0) is 0 Å². The Balaban J connectivity index is 2.06. The first-order chi connectivity index (χ1) is 9.52. The number of aryl methyl sites for hydroxylation is 1. The molecule has 4 heteroatoms. The van der Waals surface area contributed by atoms with Crippen molar-refractivity contribution in [2.75, 3.05) is 31.1 Å². The van der Waals surface area contributed by atoms with Crippen molar-refractivity contribution in [3.63, 3.8) is 0 Å². The van der Waals surface area contributed by atoms with E-state index in [1.165, 1.54) is 11.1 Å². The van der Waals surface area contributed by atoms with Crippen LogP contribution in [-0.4, -0.2) is 42.1 Å². The average Bonchev–Trinajstić information content (AvgIpc) is 2.46. The first kappa shape index (κ1) is 15.3. The van der Waals surface area contributed by atoms with Gasteiger partial charge in [0.1, 0.15) is 5.82 Å². The van der Waals surface area contributed by atoms with E-state index < -0.39 is 0 Å². The number of nitrogens with zero attached hydrogens (tertiary/aromatic N) is 3. The van der Waals surface area contributed by atoms with E-state index in [9.17, 15) is 0 Å². The Morgan fingerprint density at radius 2 is 1.90 bits per heavy atom. The third-order valence-corrected chi connectivity index (χ3v) is 4.34. The largest absolute Gasteiger partial charge is 0.354 e. The molecule has 1 saturated heterocycles. The van der Waals surface area contributed by atoms with Crippen molar-refractivity contribution in [1.29, 1.82) is 0 Å². The topological polar surface area (TPSA) is 45.4 Å². The van der Waals surface area contributed by atoms with Crippen LogP contribution in [0.3, 0.4) is 0 Å². The highest BCUT2D eigenvalue weighted by Crippen LogP contribution is 2.22. The van der Waals surface area contributed by atoms with Gasteiger partial charge in [-0.2, -0.15) is 0 Å². The highest BCUT2D eigenvalue weighted by atomic mass is 15.3. The summed E-state index contributed by atoms with van der Waals surface area (Å²) in [7, 11) is 0. The monoisotopic (exact) mass is 276 g/mol. The van der Waals surface area contributed by atoms with Gasteiger partial charge in [-0.05, 0) is 44.4 Å². The third kappa shape index (κ3) is 3.30. The van der Waals surface area contributed by atoms with Crippen LogP contribution in [0.4, 0.5) is 5.82 Å². The van der Waals surface area contributed by atoms with Gasteiger partial charge in [0.25, 0.3) is 0 Å². The van der Waals surface area contributed by atoms with Crippen LogP contribution < -0.4 is 10.6 Å². The zero-order valence-electron chi connectivity index (χ0n) is 13.3. The summed E-state index contributed by atoms with van der Waals surface area (Å²) in [5, 5.41) is 0. The molecule has 20 heavy (non-hydrogen) atoms. The number of aromatic nitrogens is 1. The van der Waals surface area contributed by atoms with Crippen LogP contribution in [0, 0.1) is 6.92 Å². The predicted octanol–water partition coefficient (Wildman–Crippen LogP) is 2.33. The number of hydrogen-bond acceptors (Lipinski definition) is 4. The number of piperazine rings is 1. The minimum atomic E-state index is 0.106. The Hall–Kier alpha value is -1.13. The van der Waals surface area contributed by atoms with Gasteiger partial charge in [0, 0.05) is 44.5 Å². The number of rotatable bonds is 4. The van der Waals surface area contributed by atoms with Gasteiger partial charge in [0.2, 0.25) is 0 Å². The fraction of sp³-hybridized carbons (Fsp3) is 0.688. The lowest BCUT2D eigenvalue weighted by Crippen LogP contribution is -2.49. The van der Waals surface area contributed by atoms with Crippen molar-refractivity contribution in [3.8, 4) is 0 Å². The van der Waals surface area contributed by atoms with Crippen LogP contribution >= 0.6 is 0 Å². The summed E-state index contributed by atoms with van der Waals surface area (Å²) in [6.07, 6.45) is 2.92. The summed E-state index contributed by atoms with van der Waals surface area (Å²) in [6, 6.07) is 2.93. The Morgan fingerprint density at radius 1 is 1.25 bits per heavy atom. The smallest absolute Gasteiger partial charge is 0.128 e. The second-order valence-corrected chi connectivity index (χ2v) is 6.03. The molecule has 1 aromatic heterocycles. The number of pyridine rings is 1. The highest BCUT2D eigenvalue weighted by molar-refractivity contribution is 5.44. The van der Waals surface area contributed by atoms with Crippen molar-refractivity contribution in [2.45, 2.75) is 46.2 Å². The first-order valence-corrected chi connectivity index (χ1v) is 7.74. The second-order valence-electron chi connectivity index (χ2n) is 6.03. The Bertz CT molecular complexity index is 436. The van der Waals surface area contributed by atoms with Crippen LogP contribution in [0.15, 0.2) is 12.3 Å². The molecule has 0 saturated carbocycles. The van der Waals surface area contributed by atoms with Gasteiger partial charge >= 0.3 is 0 Å². The lowest BCUT2D eigenvalue weighted by atomic mass is 10.0. The molecule has 4 nitrogen and oxygen atoms in total. The lowest BCUT2D eigenvalue weighted by molar-refractivity contribution is 0.209. The molecule has 112 valence electrons. The standard InChI is InChI=1S/C16H28N4/c1-5-15(17)14-11-18-16(10-13(14)4)20-8-6-19(7-9-20)12(2)3/h10-12,15H,5-9,17H2,1-4H3/t15-/m0/s1. The molecule has 1 aromatic rings. The molecule has 2 N–H and O–H groups in total. The molecule has 1 fully saturated rings. The molecule has 0 amide bonds. The van der Waals surface area contributed by atoms with E-state index in [-0.39, 0.29) is 6.04 Å². The molecule has 0 aromatic carbocycles.